The van der Waals surface area contributed by atoms with Gasteiger partial charge < -0.3 is 4.74 Å². The number of rotatable bonds is 10. The number of amides is 1. The van der Waals surface area contributed by atoms with Crippen LogP contribution in [0.5, 0.6) is 0 Å². The van der Waals surface area contributed by atoms with Crippen LogP contribution < -0.4 is 4.90 Å². The summed E-state index contributed by atoms with van der Waals surface area (Å²) < 4.78 is 6.65. The third-order valence-corrected chi connectivity index (χ3v) is 8.28. The van der Waals surface area contributed by atoms with Gasteiger partial charge in [-0.2, -0.15) is 0 Å². The SMILES string of the molecule is Cc1ccc(C)c2sc(N(CCCN3CCOCC3)C(=O)CCCSc3ccccc3)nc12.Cl. The standard InChI is InChI=1S/C26H33N3O2S2.ClH/c1-20-11-12-21(2)25-24(20)27-26(33-25)29(14-7-13-28-15-17-31-18-16-28)23(30)10-6-19-32-22-8-4-3-5-9-22;/h3-5,8-9,11-12H,6-7,10,13-19H2,1-2H3;1H. The van der Waals surface area contributed by atoms with Crippen LogP contribution in [0, 0.1) is 13.8 Å². The number of thioether (sulfide) groups is 1. The van der Waals surface area contributed by atoms with Crippen LogP contribution in [0.15, 0.2) is 47.4 Å². The molecule has 1 fully saturated rings. The molecule has 3 aromatic rings. The van der Waals surface area contributed by atoms with Crippen molar-refractivity contribution in [3.05, 3.63) is 53.6 Å². The van der Waals surface area contributed by atoms with E-state index < -0.39 is 0 Å². The van der Waals surface area contributed by atoms with Gasteiger partial charge in [0.25, 0.3) is 0 Å². The zero-order chi connectivity index (χ0) is 23.0. The smallest absolute Gasteiger partial charge is 0.228 e. The number of halogens is 1. The molecular formula is C26H34ClN3O2S2. The van der Waals surface area contributed by atoms with Crippen molar-refractivity contribution in [3.8, 4) is 0 Å². The maximum Gasteiger partial charge on any atom is 0.228 e. The van der Waals surface area contributed by atoms with Crippen molar-refractivity contribution in [2.24, 2.45) is 0 Å². The second-order valence-electron chi connectivity index (χ2n) is 8.49. The third kappa shape index (κ3) is 7.18. The molecule has 34 heavy (non-hydrogen) atoms. The van der Waals surface area contributed by atoms with Crippen LogP contribution in [-0.4, -0.2) is 60.9 Å². The Hall–Kier alpha value is -1.64. The van der Waals surface area contributed by atoms with Gasteiger partial charge in [-0.15, -0.1) is 24.2 Å². The van der Waals surface area contributed by atoms with Gasteiger partial charge in [-0.1, -0.05) is 41.7 Å². The molecular weight excluding hydrogens is 486 g/mol. The van der Waals surface area contributed by atoms with Gasteiger partial charge in [0, 0.05) is 37.5 Å². The molecule has 4 rings (SSSR count). The number of thiazole rings is 1. The molecule has 1 aliphatic rings. The number of carbonyl (C=O) groups excluding carboxylic acids is 1. The van der Waals surface area contributed by atoms with Crippen LogP contribution in [0.4, 0.5) is 5.13 Å². The van der Waals surface area contributed by atoms with Gasteiger partial charge >= 0.3 is 0 Å². The Kier molecular flexibility index (Phi) is 10.7. The van der Waals surface area contributed by atoms with E-state index in [9.17, 15) is 4.79 Å². The summed E-state index contributed by atoms with van der Waals surface area (Å²) in [5.74, 6) is 1.12. The van der Waals surface area contributed by atoms with Gasteiger partial charge in [0.05, 0.1) is 23.4 Å². The lowest BCUT2D eigenvalue weighted by Crippen LogP contribution is -2.39. The summed E-state index contributed by atoms with van der Waals surface area (Å²) in [7, 11) is 0. The summed E-state index contributed by atoms with van der Waals surface area (Å²) in [6, 6.07) is 14.6. The summed E-state index contributed by atoms with van der Waals surface area (Å²) >= 11 is 3.46. The summed E-state index contributed by atoms with van der Waals surface area (Å²) in [6.45, 7) is 9.47. The first-order valence-electron chi connectivity index (χ1n) is 11.8. The molecule has 5 nitrogen and oxygen atoms in total. The Morgan fingerprint density at radius 3 is 2.56 bits per heavy atom. The number of benzene rings is 2. The molecule has 0 atom stereocenters. The molecule has 1 aromatic heterocycles. The fraction of sp³-hybridized carbons (Fsp3) is 0.462. The summed E-state index contributed by atoms with van der Waals surface area (Å²) in [4.78, 5) is 23.9. The quantitative estimate of drug-likeness (QED) is 0.244. The number of aryl methyl sites for hydroxylation is 2. The number of fused-ring (bicyclic) bond motifs is 1. The number of anilines is 1. The van der Waals surface area contributed by atoms with Crippen molar-refractivity contribution in [1.29, 1.82) is 0 Å². The first-order valence-corrected chi connectivity index (χ1v) is 13.6. The van der Waals surface area contributed by atoms with E-state index in [2.05, 4.69) is 55.1 Å². The number of ether oxygens (including phenoxy) is 1. The van der Waals surface area contributed by atoms with E-state index in [4.69, 9.17) is 9.72 Å². The van der Waals surface area contributed by atoms with E-state index in [1.54, 1.807) is 11.3 Å². The van der Waals surface area contributed by atoms with E-state index in [1.807, 2.05) is 22.7 Å². The highest BCUT2D eigenvalue weighted by Gasteiger charge is 2.21. The van der Waals surface area contributed by atoms with Crippen LogP contribution in [0.3, 0.4) is 0 Å². The van der Waals surface area contributed by atoms with E-state index in [0.717, 1.165) is 67.7 Å². The zero-order valence-electron chi connectivity index (χ0n) is 20.0. The van der Waals surface area contributed by atoms with Crippen LogP contribution in [0.1, 0.15) is 30.4 Å². The van der Waals surface area contributed by atoms with Gasteiger partial charge in [-0.3, -0.25) is 14.6 Å². The van der Waals surface area contributed by atoms with Gasteiger partial charge in [-0.25, -0.2) is 4.98 Å². The fourth-order valence-electron chi connectivity index (χ4n) is 4.03. The molecule has 0 aliphatic carbocycles. The van der Waals surface area contributed by atoms with Gasteiger partial charge in [0.1, 0.15) is 0 Å². The van der Waals surface area contributed by atoms with Gasteiger partial charge in [0.15, 0.2) is 5.13 Å². The van der Waals surface area contributed by atoms with Crippen molar-refractivity contribution >= 4 is 56.8 Å². The summed E-state index contributed by atoms with van der Waals surface area (Å²) in [6.07, 6.45) is 2.35. The summed E-state index contributed by atoms with van der Waals surface area (Å²) in [5.41, 5.74) is 3.41. The topological polar surface area (TPSA) is 45.7 Å². The Morgan fingerprint density at radius 2 is 1.82 bits per heavy atom. The highest BCUT2D eigenvalue weighted by atomic mass is 35.5. The summed E-state index contributed by atoms with van der Waals surface area (Å²) in [5, 5.41) is 0.838. The normalized spacial score (nSPS) is 14.2. The molecule has 0 N–H and O–H groups in total. The van der Waals surface area contributed by atoms with Crippen molar-refractivity contribution in [2.75, 3.05) is 50.0 Å². The lowest BCUT2D eigenvalue weighted by Gasteiger charge is -2.27. The molecule has 2 heterocycles. The predicted octanol–water partition coefficient (Wildman–Crippen LogP) is 5.96. The molecule has 1 amide bonds. The minimum Gasteiger partial charge on any atom is -0.379 e. The Balaban J connectivity index is 0.00000324. The second kappa shape index (κ2) is 13.4. The van der Waals surface area contributed by atoms with Crippen molar-refractivity contribution < 1.29 is 9.53 Å². The van der Waals surface area contributed by atoms with Crippen LogP contribution in [0.2, 0.25) is 0 Å². The van der Waals surface area contributed by atoms with E-state index in [1.165, 1.54) is 15.2 Å². The Morgan fingerprint density at radius 1 is 1.09 bits per heavy atom. The van der Waals surface area contributed by atoms with Crippen LogP contribution in [-0.2, 0) is 9.53 Å². The zero-order valence-corrected chi connectivity index (χ0v) is 22.4. The molecule has 2 aromatic carbocycles. The van der Waals surface area contributed by atoms with Crippen LogP contribution in [0.25, 0.3) is 10.2 Å². The number of hydrogen-bond acceptors (Lipinski definition) is 6. The predicted molar refractivity (Wildman–Crippen MR) is 147 cm³/mol. The second-order valence-corrected chi connectivity index (χ2v) is 10.6. The third-order valence-electron chi connectivity index (χ3n) is 5.97. The number of carbonyl (C=O) groups is 1. The molecule has 0 bridgehead atoms. The number of aromatic nitrogens is 1. The van der Waals surface area contributed by atoms with Gasteiger partial charge in [0.2, 0.25) is 5.91 Å². The molecule has 0 radical (unpaired) electrons. The first kappa shape index (κ1) is 27.0. The van der Waals surface area contributed by atoms with E-state index in [0.29, 0.717) is 13.0 Å². The highest BCUT2D eigenvalue weighted by molar-refractivity contribution is 7.99. The molecule has 8 heteroatoms. The van der Waals surface area contributed by atoms with E-state index >= 15 is 0 Å². The molecule has 0 saturated carbocycles. The highest BCUT2D eigenvalue weighted by Crippen LogP contribution is 2.33. The van der Waals surface area contributed by atoms with Gasteiger partial charge in [-0.05, 0) is 55.7 Å². The molecule has 1 saturated heterocycles. The molecule has 0 unspecified atom stereocenters. The molecule has 184 valence electrons. The molecule has 1 aliphatic heterocycles. The lowest BCUT2D eigenvalue weighted by molar-refractivity contribution is -0.118. The maximum absolute atomic E-state index is 13.3. The van der Waals surface area contributed by atoms with Crippen molar-refractivity contribution in [1.82, 2.24) is 9.88 Å². The monoisotopic (exact) mass is 519 g/mol. The molecule has 0 spiro atoms. The van der Waals surface area contributed by atoms with Crippen molar-refractivity contribution in [2.45, 2.75) is 38.0 Å². The number of hydrogen-bond donors (Lipinski definition) is 0. The lowest BCUT2D eigenvalue weighted by atomic mass is 10.1. The Labute approximate surface area is 217 Å². The fourth-order valence-corrected chi connectivity index (χ4v) is 6.06. The largest absolute Gasteiger partial charge is 0.379 e. The van der Waals surface area contributed by atoms with Crippen molar-refractivity contribution in [3.63, 3.8) is 0 Å². The average molecular weight is 520 g/mol. The maximum atomic E-state index is 13.3. The number of nitrogens with zero attached hydrogens (tertiary/aromatic N) is 3. The average Bonchev–Trinajstić information content (AvgIpc) is 3.30. The van der Waals surface area contributed by atoms with E-state index in [-0.39, 0.29) is 18.3 Å². The Bertz CT molecular complexity index is 1020. The number of morpholine rings is 1. The first-order chi connectivity index (χ1) is 16.1. The minimum absolute atomic E-state index is 0. The van der Waals surface area contributed by atoms with Crippen LogP contribution >= 0.6 is 35.5 Å². The minimum atomic E-state index is 0.